The van der Waals surface area contributed by atoms with E-state index in [0.29, 0.717) is 13.2 Å². The molecule has 3 nitrogen and oxygen atoms in total. The van der Waals surface area contributed by atoms with Gasteiger partial charge in [-0.25, -0.2) is 0 Å². The molecule has 1 heterocycles. The minimum Gasteiger partial charge on any atom is -0.370 e. The van der Waals surface area contributed by atoms with Crippen LogP contribution in [0.1, 0.15) is 26.3 Å². The molecule has 4 heteroatoms. The minimum atomic E-state index is -0.548. The van der Waals surface area contributed by atoms with Crippen molar-refractivity contribution in [2.45, 2.75) is 45.4 Å². The monoisotopic (exact) mass is 310 g/mol. The van der Waals surface area contributed by atoms with Gasteiger partial charge in [-0.3, -0.25) is 0 Å². The Kier molecular flexibility index (Phi) is 5.44. The Morgan fingerprint density at radius 2 is 2.10 bits per heavy atom. The second-order valence-electron chi connectivity index (χ2n) is 5.86. The van der Waals surface area contributed by atoms with Gasteiger partial charge in [0.2, 0.25) is 0 Å². The Balaban J connectivity index is 2.00. The lowest BCUT2D eigenvalue weighted by atomic mass is 10.00. The zero-order valence-electron chi connectivity index (χ0n) is 12.8. The van der Waals surface area contributed by atoms with Crippen molar-refractivity contribution in [3.63, 3.8) is 0 Å². The largest absolute Gasteiger partial charge is 0.370 e. The highest BCUT2D eigenvalue weighted by atomic mass is 35.5. The van der Waals surface area contributed by atoms with Crippen LogP contribution in [-0.4, -0.2) is 24.6 Å². The maximum atomic E-state index is 6.08. The molecule has 1 aromatic rings. The summed E-state index contributed by atoms with van der Waals surface area (Å²) in [5, 5.41) is 0.726. The predicted octanol–water partition coefficient (Wildman–Crippen LogP) is 4.20. The lowest BCUT2D eigenvalue weighted by Crippen LogP contribution is -2.37. The fourth-order valence-electron chi connectivity index (χ4n) is 2.38. The topological polar surface area (TPSA) is 27.7 Å². The molecule has 0 aromatic heterocycles. The Hall–Kier alpha value is -0.870. The van der Waals surface area contributed by atoms with Gasteiger partial charge in [0, 0.05) is 10.9 Å². The van der Waals surface area contributed by atoms with Gasteiger partial charge in [0.25, 0.3) is 0 Å². The van der Waals surface area contributed by atoms with Gasteiger partial charge in [0.05, 0.1) is 19.3 Å². The van der Waals surface area contributed by atoms with Crippen LogP contribution < -0.4 is 0 Å². The summed E-state index contributed by atoms with van der Waals surface area (Å²) >= 11 is 5.89. The first kappa shape index (κ1) is 16.5. The molecule has 21 heavy (non-hydrogen) atoms. The zero-order valence-corrected chi connectivity index (χ0v) is 13.6. The van der Waals surface area contributed by atoms with Crippen molar-refractivity contribution in [2.75, 3.05) is 6.61 Å². The van der Waals surface area contributed by atoms with Gasteiger partial charge in [-0.05, 0) is 31.5 Å². The van der Waals surface area contributed by atoms with E-state index in [1.807, 2.05) is 44.2 Å². The molecule has 0 saturated carbocycles. The lowest BCUT2D eigenvalue weighted by molar-refractivity contribution is -0.161. The molecule has 1 fully saturated rings. The van der Waals surface area contributed by atoms with Gasteiger partial charge in [0.1, 0.15) is 6.10 Å². The van der Waals surface area contributed by atoms with E-state index in [1.54, 1.807) is 0 Å². The molecule has 1 aliphatic heterocycles. The molecule has 0 unspecified atom stereocenters. The number of halogens is 1. The SMILES string of the molecule is C=C[C@@H](C)[C@@H](OCc1ccc(Cl)cc1)[C@H]1COC(C)(C)O1. The third-order valence-electron chi connectivity index (χ3n) is 3.64. The average Bonchev–Trinajstić information content (AvgIpc) is 2.81. The first-order valence-electron chi connectivity index (χ1n) is 7.21. The smallest absolute Gasteiger partial charge is 0.163 e. The number of ether oxygens (including phenoxy) is 3. The maximum absolute atomic E-state index is 6.08. The van der Waals surface area contributed by atoms with Crippen LogP contribution in [0.25, 0.3) is 0 Å². The maximum Gasteiger partial charge on any atom is 0.163 e. The van der Waals surface area contributed by atoms with Gasteiger partial charge in [0.15, 0.2) is 5.79 Å². The highest BCUT2D eigenvalue weighted by Crippen LogP contribution is 2.29. The molecule has 1 aromatic carbocycles. The molecule has 0 spiro atoms. The zero-order chi connectivity index (χ0) is 15.5. The van der Waals surface area contributed by atoms with Crippen molar-refractivity contribution in [3.05, 3.63) is 47.5 Å². The fraction of sp³-hybridized carbons (Fsp3) is 0.529. The molecule has 2 rings (SSSR count). The third-order valence-corrected chi connectivity index (χ3v) is 3.89. The van der Waals surface area contributed by atoms with E-state index in [0.717, 1.165) is 10.6 Å². The summed E-state index contributed by atoms with van der Waals surface area (Å²) in [5.41, 5.74) is 1.08. The molecular formula is C17H23ClO3. The summed E-state index contributed by atoms with van der Waals surface area (Å²) in [5.74, 6) is -0.368. The van der Waals surface area contributed by atoms with E-state index in [2.05, 4.69) is 13.5 Å². The second-order valence-corrected chi connectivity index (χ2v) is 6.30. The molecule has 1 aliphatic rings. The van der Waals surface area contributed by atoms with Gasteiger partial charge in [-0.15, -0.1) is 6.58 Å². The normalized spacial score (nSPS) is 23.7. The van der Waals surface area contributed by atoms with Crippen LogP contribution in [0.2, 0.25) is 5.02 Å². The molecule has 0 radical (unpaired) electrons. The highest BCUT2D eigenvalue weighted by molar-refractivity contribution is 6.30. The van der Waals surface area contributed by atoms with E-state index in [4.69, 9.17) is 25.8 Å². The highest BCUT2D eigenvalue weighted by Gasteiger charge is 2.39. The lowest BCUT2D eigenvalue weighted by Gasteiger charge is -2.27. The van der Waals surface area contributed by atoms with E-state index in [-0.39, 0.29) is 18.1 Å². The molecule has 116 valence electrons. The molecule has 1 saturated heterocycles. The van der Waals surface area contributed by atoms with Crippen LogP contribution in [0, 0.1) is 5.92 Å². The molecule has 0 bridgehead atoms. The summed E-state index contributed by atoms with van der Waals surface area (Å²) in [4.78, 5) is 0. The van der Waals surface area contributed by atoms with Crippen molar-refractivity contribution in [1.29, 1.82) is 0 Å². The molecular weight excluding hydrogens is 288 g/mol. The number of rotatable bonds is 6. The van der Waals surface area contributed by atoms with Crippen LogP contribution in [0.4, 0.5) is 0 Å². The molecule has 0 N–H and O–H groups in total. The van der Waals surface area contributed by atoms with Crippen LogP contribution in [0.5, 0.6) is 0 Å². The summed E-state index contributed by atoms with van der Waals surface area (Å²) in [6.45, 7) is 10.8. The van der Waals surface area contributed by atoms with E-state index in [9.17, 15) is 0 Å². The quantitative estimate of drug-likeness (QED) is 0.737. The third kappa shape index (κ3) is 4.55. The van der Waals surface area contributed by atoms with E-state index >= 15 is 0 Å². The number of hydrogen-bond acceptors (Lipinski definition) is 3. The molecule has 0 aliphatic carbocycles. The van der Waals surface area contributed by atoms with Crippen LogP contribution in [-0.2, 0) is 20.8 Å². The first-order chi connectivity index (χ1) is 9.91. The van der Waals surface area contributed by atoms with Crippen LogP contribution in [0.3, 0.4) is 0 Å². The van der Waals surface area contributed by atoms with Gasteiger partial charge in [-0.1, -0.05) is 36.7 Å². The van der Waals surface area contributed by atoms with Crippen molar-refractivity contribution < 1.29 is 14.2 Å². The van der Waals surface area contributed by atoms with Gasteiger partial charge >= 0.3 is 0 Å². The van der Waals surface area contributed by atoms with Crippen LogP contribution in [0.15, 0.2) is 36.9 Å². The minimum absolute atomic E-state index is 0.0831. The first-order valence-corrected chi connectivity index (χ1v) is 7.59. The van der Waals surface area contributed by atoms with Crippen molar-refractivity contribution >= 4 is 11.6 Å². The summed E-state index contributed by atoms with van der Waals surface area (Å²) < 4.78 is 17.6. The number of hydrogen-bond donors (Lipinski definition) is 0. The standard InChI is InChI=1S/C17H23ClO3/c1-5-12(2)16(15-11-20-17(3,4)21-15)19-10-13-6-8-14(18)9-7-13/h5-9,12,15-16H,1,10-11H2,2-4H3/t12-,15-,16-/m1/s1. The van der Waals surface area contributed by atoms with E-state index in [1.165, 1.54) is 0 Å². The van der Waals surface area contributed by atoms with Crippen LogP contribution >= 0.6 is 11.6 Å². The summed E-state index contributed by atoms with van der Waals surface area (Å²) in [6, 6.07) is 7.66. The summed E-state index contributed by atoms with van der Waals surface area (Å²) in [7, 11) is 0. The second kappa shape index (κ2) is 6.93. The fourth-order valence-corrected chi connectivity index (χ4v) is 2.51. The summed E-state index contributed by atoms with van der Waals surface area (Å²) in [6.07, 6.45) is 1.72. The molecule has 0 amide bonds. The Labute approximate surface area is 131 Å². The van der Waals surface area contributed by atoms with E-state index < -0.39 is 5.79 Å². The van der Waals surface area contributed by atoms with Gasteiger partial charge < -0.3 is 14.2 Å². The van der Waals surface area contributed by atoms with Crippen molar-refractivity contribution in [2.24, 2.45) is 5.92 Å². The molecule has 3 atom stereocenters. The Morgan fingerprint density at radius 3 is 2.62 bits per heavy atom. The Morgan fingerprint density at radius 1 is 1.43 bits per heavy atom. The Bertz CT molecular complexity index is 469. The van der Waals surface area contributed by atoms with Crippen molar-refractivity contribution in [1.82, 2.24) is 0 Å². The average molecular weight is 311 g/mol. The van der Waals surface area contributed by atoms with Crippen molar-refractivity contribution in [3.8, 4) is 0 Å². The predicted molar refractivity (Wildman–Crippen MR) is 84.3 cm³/mol. The number of benzene rings is 1. The van der Waals surface area contributed by atoms with Gasteiger partial charge in [-0.2, -0.15) is 0 Å².